The van der Waals surface area contributed by atoms with Gasteiger partial charge in [-0.1, -0.05) is 0 Å². The zero-order valence-electron chi connectivity index (χ0n) is 15.2. The van der Waals surface area contributed by atoms with E-state index >= 15 is 0 Å². The fourth-order valence-corrected chi connectivity index (χ4v) is 4.23. The summed E-state index contributed by atoms with van der Waals surface area (Å²) in [5.74, 6) is -0.801. The van der Waals surface area contributed by atoms with Gasteiger partial charge in [0.2, 0.25) is 10.0 Å². The van der Waals surface area contributed by atoms with Gasteiger partial charge in [-0.05, 0) is 39.2 Å². The summed E-state index contributed by atoms with van der Waals surface area (Å²) in [6.45, 7) is 5.76. The van der Waals surface area contributed by atoms with E-state index in [-0.39, 0.29) is 17.4 Å². The van der Waals surface area contributed by atoms with Crippen LogP contribution in [0.2, 0.25) is 0 Å². The number of nitrogens with zero attached hydrogens (tertiary/aromatic N) is 5. The highest BCUT2D eigenvalue weighted by molar-refractivity contribution is 7.89. The number of hydrogen-bond acceptors (Lipinski definition) is 6. The molecule has 1 aliphatic rings. The van der Waals surface area contributed by atoms with Crippen molar-refractivity contribution in [2.45, 2.75) is 45.8 Å². The molecule has 150 valence electrons. The van der Waals surface area contributed by atoms with Crippen LogP contribution in [0.15, 0.2) is 0 Å². The number of aromatic nitrogens is 4. The summed E-state index contributed by atoms with van der Waals surface area (Å²) in [7, 11) is -3.23. The monoisotopic (exact) mass is 406 g/mol. The van der Waals surface area contributed by atoms with Gasteiger partial charge in [-0.25, -0.2) is 12.7 Å². The van der Waals surface area contributed by atoms with Gasteiger partial charge in [0.1, 0.15) is 0 Å². The van der Waals surface area contributed by atoms with Crippen LogP contribution in [0.25, 0.3) is 5.65 Å². The zero-order valence-corrected chi connectivity index (χ0v) is 16.0. The van der Waals surface area contributed by atoms with Gasteiger partial charge in [-0.2, -0.15) is 17.7 Å². The Hall–Kier alpha value is -1.95. The average molecular weight is 406 g/mol. The third-order valence-corrected chi connectivity index (χ3v) is 6.78. The molecule has 0 saturated carbocycles. The second kappa shape index (κ2) is 6.89. The van der Waals surface area contributed by atoms with Crippen molar-refractivity contribution in [3.63, 3.8) is 0 Å². The molecule has 1 N–H and O–H groups in total. The minimum atomic E-state index is -4.66. The molecule has 0 unspecified atom stereocenters. The Morgan fingerprint density at radius 3 is 2.33 bits per heavy atom. The molecule has 1 saturated heterocycles. The molecule has 3 heterocycles. The molecule has 0 aromatic carbocycles. The maximum atomic E-state index is 13.1. The van der Waals surface area contributed by atoms with Crippen LogP contribution < -0.4 is 5.32 Å². The van der Waals surface area contributed by atoms with Crippen LogP contribution in [0.4, 0.5) is 19.0 Å². The first-order valence-electron chi connectivity index (χ1n) is 8.58. The van der Waals surface area contributed by atoms with Crippen LogP contribution >= 0.6 is 0 Å². The van der Waals surface area contributed by atoms with E-state index in [0.717, 1.165) is 0 Å². The molecule has 3 rings (SSSR count). The summed E-state index contributed by atoms with van der Waals surface area (Å²) < 4.78 is 65.4. The second-order valence-electron chi connectivity index (χ2n) is 6.57. The van der Waals surface area contributed by atoms with Crippen molar-refractivity contribution in [3.8, 4) is 0 Å². The molecule has 8 nitrogen and oxygen atoms in total. The minimum Gasteiger partial charge on any atom is -0.366 e. The van der Waals surface area contributed by atoms with Crippen molar-refractivity contribution in [1.29, 1.82) is 0 Å². The predicted molar refractivity (Wildman–Crippen MR) is 92.9 cm³/mol. The van der Waals surface area contributed by atoms with E-state index in [1.807, 2.05) is 0 Å². The molecule has 0 atom stereocenters. The Balaban J connectivity index is 1.85. The molecule has 0 amide bonds. The minimum absolute atomic E-state index is 0.0511. The maximum Gasteiger partial charge on any atom is 0.453 e. The van der Waals surface area contributed by atoms with E-state index in [1.54, 1.807) is 20.8 Å². The Morgan fingerprint density at radius 2 is 1.78 bits per heavy atom. The number of anilines is 1. The van der Waals surface area contributed by atoms with Crippen molar-refractivity contribution in [2.75, 3.05) is 24.2 Å². The Kier molecular flexibility index (Phi) is 5.06. The lowest BCUT2D eigenvalue weighted by Gasteiger charge is -2.32. The molecular weight excluding hydrogens is 385 g/mol. The zero-order chi connectivity index (χ0) is 20.0. The summed E-state index contributed by atoms with van der Waals surface area (Å²) in [6.07, 6.45) is -3.57. The number of hydrogen-bond donors (Lipinski definition) is 1. The fourth-order valence-electron chi connectivity index (χ4n) is 3.10. The van der Waals surface area contributed by atoms with Crippen LogP contribution in [0, 0.1) is 13.8 Å². The van der Waals surface area contributed by atoms with Gasteiger partial charge >= 0.3 is 6.18 Å². The van der Waals surface area contributed by atoms with E-state index < -0.39 is 22.0 Å². The van der Waals surface area contributed by atoms with Crippen molar-refractivity contribution in [2.24, 2.45) is 0 Å². The first-order valence-corrected chi connectivity index (χ1v) is 10.2. The van der Waals surface area contributed by atoms with Gasteiger partial charge in [0, 0.05) is 24.7 Å². The van der Waals surface area contributed by atoms with Crippen molar-refractivity contribution >= 4 is 21.5 Å². The summed E-state index contributed by atoms with van der Waals surface area (Å²) in [4.78, 5) is 0. The third-order valence-electron chi connectivity index (χ3n) is 4.90. The predicted octanol–water partition coefficient (Wildman–Crippen LogP) is 1.99. The van der Waals surface area contributed by atoms with Crippen LogP contribution in [-0.4, -0.2) is 57.4 Å². The highest BCUT2D eigenvalue weighted by Crippen LogP contribution is 2.30. The first-order chi connectivity index (χ1) is 12.5. The smallest absolute Gasteiger partial charge is 0.366 e. The first kappa shape index (κ1) is 19.8. The lowest BCUT2D eigenvalue weighted by atomic mass is 10.1. The van der Waals surface area contributed by atoms with E-state index in [2.05, 4.69) is 20.6 Å². The molecule has 0 radical (unpaired) electrons. The van der Waals surface area contributed by atoms with Crippen molar-refractivity contribution in [1.82, 2.24) is 24.1 Å². The molecular formula is C15H21F3N6O2S. The highest BCUT2D eigenvalue weighted by atomic mass is 32.2. The quantitative estimate of drug-likeness (QED) is 0.835. The largest absolute Gasteiger partial charge is 0.453 e. The van der Waals surface area contributed by atoms with Gasteiger partial charge in [-0.3, -0.25) is 0 Å². The number of aryl methyl sites for hydroxylation is 1. The number of alkyl halides is 3. The fraction of sp³-hybridized carbons (Fsp3) is 0.667. The number of piperidine rings is 1. The number of fused-ring (bicyclic) bond motifs is 1. The number of sulfonamides is 1. The molecule has 1 aliphatic heterocycles. The van der Waals surface area contributed by atoms with Crippen molar-refractivity contribution < 1.29 is 21.6 Å². The van der Waals surface area contributed by atoms with E-state index in [4.69, 9.17) is 0 Å². The Labute approximate surface area is 154 Å². The molecule has 27 heavy (non-hydrogen) atoms. The molecule has 0 bridgehead atoms. The normalized spacial score (nSPS) is 17.6. The topological polar surface area (TPSA) is 92.5 Å². The standard InChI is InChI=1S/C15H21F3N6O2S/c1-4-27(25,26)23-7-5-11(6-8-23)19-12-9(2)10(3)13-20-21-14(15(16,17)18)24(13)22-12/h11H,4-8H2,1-3H3,(H,19,22). The maximum absolute atomic E-state index is 13.1. The average Bonchev–Trinajstić information content (AvgIpc) is 3.04. The van der Waals surface area contributed by atoms with Gasteiger partial charge in [-0.15, -0.1) is 15.3 Å². The van der Waals surface area contributed by atoms with Gasteiger partial charge in [0.25, 0.3) is 5.82 Å². The van der Waals surface area contributed by atoms with E-state index in [9.17, 15) is 21.6 Å². The van der Waals surface area contributed by atoms with Gasteiger partial charge in [0.05, 0.1) is 5.75 Å². The van der Waals surface area contributed by atoms with E-state index in [1.165, 1.54) is 4.31 Å². The van der Waals surface area contributed by atoms with E-state index in [0.29, 0.717) is 47.4 Å². The lowest BCUT2D eigenvalue weighted by Crippen LogP contribution is -2.43. The van der Waals surface area contributed by atoms with Crippen molar-refractivity contribution in [3.05, 3.63) is 17.0 Å². The molecule has 1 fully saturated rings. The van der Waals surface area contributed by atoms with Gasteiger partial charge in [0.15, 0.2) is 11.5 Å². The van der Waals surface area contributed by atoms with Crippen LogP contribution in [-0.2, 0) is 16.2 Å². The summed E-state index contributed by atoms with van der Waals surface area (Å²) >= 11 is 0. The molecule has 2 aromatic rings. The Bertz CT molecular complexity index is 949. The highest BCUT2D eigenvalue weighted by Gasteiger charge is 2.38. The van der Waals surface area contributed by atoms with Crippen LogP contribution in [0.3, 0.4) is 0 Å². The summed E-state index contributed by atoms with van der Waals surface area (Å²) in [6, 6.07) is -0.0813. The van der Waals surface area contributed by atoms with Crippen LogP contribution in [0.1, 0.15) is 36.7 Å². The molecule has 2 aromatic heterocycles. The Morgan fingerprint density at radius 1 is 1.15 bits per heavy atom. The lowest BCUT2D eigenvalue weighted by molar-refractivity contribution is -0.146. The van der Waals surface area contributed by atoms with Crippen LogP contribution in [0.5, 0.6) is 0 Å². The molecule has 0 spiro atoms. The number of halogens is 3. The third kappa shape index (κ3) is 3.72. The SMILES string of the molecule is CCS(=O)(=O)N1CCC(Nc2nn3c(C(F)(F)F)nnc3c(C)c2C)CC1. The molecule has 0 aliphatic carbocycles. The van der Waals surface area contributed by atoms with Gasteiger partial charge < -0.3 is 5.32 Å². The number of rotatable bonds is 4. The summed E-state index contributed by atoms with van der Waals surface area (Å²) in [5, 5.41) is 14.1. The summed E-state index contributed by atoms with van der Waals surface area (Å²) in [5.41, 5.74) is 1.31. The number of nitrogens with one attached hydrogen (secondary N) is 1. The second-order valence-corrected chi connectivity index (χ2v) is 8.83. The molecule has 12 heteroatoms.